The number of hydrogen-bond donors (Lipinski definition) is 1. The Labute approximate surface area is 109 Å². The zero-order chi connectivity index (χ0) is 13.5. The summed E-state index contributed by atoms with van der Waals surface area (Å²) in [5.41, 5.74) is 1.92. The molecular formula is C15H23NO2. The SMILES string of the molecule is CCN(CCCO)C(C)C(=O)c1ccc(C)cc1. The molecule has 0 amide bonds. The maximum absolute atomic E-state index is 12.3. The molecule has 0 saturated heterocycles. The van der Waals surface area contributed by atoms with E-state index in [9.17, 15) is 4.79 Å². The van der Waals surface area contributed by atoms with E-state index in [4.69, 9.17) is 5.11 Å². The Morgan fingerprint density at radius 1 is 1.33 bits per heavy atom. The minimum absolute atomic E-state index is 0.135. The van der Waals surface area contributed by atoms with E-state index < -0.39 is 0 Å². The summed E-state index contributed by atoms with van der Waals surface area (Å²) in [5.74, 6) is 0.148. The van der Waals surface area contributed by atoms with Crippen LogP contribution in [0.3, 0.4) is 0 Å². The number of carbonyl (C=O) groups excluding carboxylic acids is 1. The fourth-order valence-electron chi connectivity index (χ4n) is 2.02. The predicted octanol–water partition coefficient (Wildman–Crippen LogP) is 2.27. The van der Waals surface area contributed by atoms with Gasteiger partial charge in [-0.3, -0.25) is 9.69 Å². The molecule has 1 aromatic carbocycles. The van der Waals surface area contributed by atoms with E-state index in [2.05, 4.69) is 4.90 Å². The van der Waals surface area contributed by atoms with Crippen LogP contribution >= 0.6 is 0 Å². The first kappa shape index (κ1) is 14.9. The molecule has 0 fully saturated rings. The van der Waals surface area contributed by atoms with Crippen molar-refractivity contribution in [2.75, 3.05) is 19.7 Å². The van der Waals surface area contributed by atoms with E-state index in [-0.39, 0.29) is 18.4 Å². The van der Waals surface area contributed by atoms with Crippen LogP contribution in [0.2, 0.25) is 0 Å². The Kier molecular flexibility index (Phi) is 6.02. The van der Waals surface area contributed by atoms with E-state index >= 15 is 0 Å². The van der Waals surface area contributed by atoms with E-state index in [0.717, 1.165) is 24.2 Å². The first-order chi connectivity index (χ1) is 8.60. The molecule has 1 N–H and O–H groups in total. The Morgan fingerprint density at radius 2 is 1.94 bits per heavy atom. The number of carbonyl (C=O) groups is 1. The molecule has 0 aromatic heterocycles. The molecule has 1 atom stereocenters. The molecule has 0 radical (unpaired) electrons. The molecular weight excluding hydrogens is 226 g/mol. The summed E-state index contributed by atoms with van der Waals surface area (Å²) < 4.78 is 0. The molecule has 100 valence electrons. The van der Waals surface area contributed by atoms with Crippen LogP contribution in [0.15, 0.2) is 24.3 Å². The van der Waals surface area contributed by atoms with Gasteiger partial charge in [0.05, 0.1) is 6.04 Å². The molecule has 18 heavy (non-hydrogen) atoms. The summed E-state index contributed by atoms with van der Waals surface area (Å²) in [5, 5.41) is 8.87. The zero-order valence-electron chi connectivity index (χ0n) is 11.5. The van der Waals surface area contributed by atoms with Gasteiger partial charge in [-0.2, -0.15) is 0 Å². The van der Waals surface area contributed by atoms with Crippen molar-refractivity contribution in [1.29, 1.82) is 0 Å². The van der Waals surface area contributed by atoms with E-state index in [1.807, 2.05) is 45.0 Å². The fourth-order valence-corrected chi connectivity index (χ4v) is 2.02. The van der Waals surface area contributed by atoms with Crippen molar-refractivity contribution in [1.82, 2.24) is 4.90 Å². The number of ketones is 1. The number of likely N-dealkylation sites (N-methyl/N-ethyl adjacent to an activating group) is 1. The van der Waals surface area contributed by atoms with Crippen molar-refractivity contribution in [2.24, 2.45) is 0 Å². The number of benzene rings is 1. The third-order valence-corrected chi connectivity index (χ3v) is 3.27. The summed E-state index contributed by atoms with van der Waals surface area (Å²) in [4.78, 5) is 14.4. The molecule has 3 heteroatoms. The lowest BCUT2D eigenvalue weighted by Crippen LogP contribution is -2.39. The zero-order valence-corrected chi connectivity index (χ0v) is 11.5. The molecule has 1 unspecified atom stereocenters. The number of nitrogens with zero attached hydrogens (tertiary/aromatic N) is 1. The molecule has 0 spiro atoms. The lowest BCUT2D eigenvalue weighted by Gasteiger charge is -2.26. The lowest BCUT2D eigenvalue weighted by molar-refractivity contribution is 0.0834. The van der Waals surface area contributed by atoms with E-state index in [1.54, 1.807) is 0 Å². The minimum Gasteiger partial charge on any atom is -0.396 e. The van der Waals surface area contributed by atoms with Gasteiger partial charge in [-0.05, 0) is 26.8 Å². The second-order valence-electron chi connectivity index (χ2n) is 4.61. The minimum atomic E-state index is -0.135. The van der Waals surface area contributed by atoms with Crippen LogP contribution < -0.4 is 0 Å². The van der Waals surface area contributed by atoms with Crippen LogP contribution in [0, 0.1) is 6.92 Å². The highest BCUT2D eigenvalue weighted by atomic mass is 16.3. The summed E-state index contributed by atoms with van der Waals surface area (Å²) >= 11 is 0. The fraction of sp³-hybridized carbons (Fsp3) is 0.533. The van der Waals surface area contributed by atoms with Gasteiger partial charge in [-0.15, -0.1) is 0 Å². The average Bonchev–Trinajstić information content (AvgIpc) is 2.39. The topological polar surface area (TPSA) is 40.5 Å². The quantitative estimate of drug-likeness (QED) is 0.754. The van der Waals surface area contributed by atoms with Crippen molar-refractivity contribution in [3.63, 3.8) is 0 Å². The number of hydrogen-bond acceptors (Lipinski definition) is 3. The number of aliphatic hydroxyl groups excluding tert-OH is 1. The molecule has 0 aliphatic rings. The van der Waals surface area contributed by atoms with Crippen LogP contribution in [-0.2, 0) is 0 Å². The van der Waals surface area contributed by atoms with Crippen LogP contribution in [-0.4, -0.2) is 41.5 Å². The Balaban J connectivity index is 2.72. The second-order valence-corrected chi connectivity index (χ2v) is 4.61. The average molecular weight is 249 g/mol. The van der Waals surface area contributed by atoms with Gasteiger partial charge >= 0.3 is 0 Å². The van der Waals surface area contributed by atoms with Gasteiger partial charge in [0, 0.05) is 18.7 Å². The maximum Gasteiger partial charge on any atom is 0.179 e. The summed E-state index contributed by atoms with van der Waals surface area (Å²) in [6, 6.07) is 7.56. The van der Waals surface area contributed by atoms with E-state index in [0.29, 0.717) is 6.42 Å². The van der Waals surface area contributed by atoms with Crippen molar-refractivity contribution in [3.05, 3.63) is 35.4 Å². The van der Waals surface area contributed by atoms with Crippen LogP contribution in [0.5, 0.6) is 0 Å². The molecule has 0 aliphatic heterocycles. The highest BCUT2D eigenvalue weighted by molar-refractivity contribution is 5.99. The largest absolute Gasteiger partial charge is 0.396 e. The lowest BCUT2D eigenvalue weighted by atomic mass is 10.0. The molecule has 0 heterocycles. The molecule has 3 nitrogen and oxygen atoms in total. The van der Waals surface area contributed by atoms with Crippen LogP contribution in [0.25, 0.3) is 0 Å². The highest BCUT2D eigenvalue weighted by Gasteiger charge is 2.20. The first-order valence-electron chi connectivity index (χ1n) is 6.56. The van der Waals surface area contributed by atoms with Crippen molar-refractivity contribution in [3.8, 4) is 0 Å². The van der Waals surface area contributed by atoms with Crippen LogP contribution in [0.4, 0.5) is 0 Å². The van der Waals surface area contributed by atoms with Crippen LogP contribution in [0.1, 0.15) is 36.2 Å². The monoisotopic (exact) mass is 249 g/mol. The molecule has 0 bridgehead atoms. The normalized spacial score (nSPS) is 12.7. The van der Waals surface area contributed by atoms with Gasteiger partial charge in [-0.1, -0.05) is 36.8 Å². The summed E-state index contributed by atoms with van der Waals surface area (Å²) in [6.45, 7) is 7.73. The first-order valence-corrected chi connectivity index (χ1v) is 6.56. The molecule has 0 saturated carbocycles. The standard InChI is InChI=1S/C15H23NO2/c1-4-16(10-5-11-17)13(3)15(18)14-8-6-12(2)7-9-14/h6-9,13,17H,4-5,10-11H2,1-3H3. The summed E-state index contributed by atoms with van der Waals surface area (Å²) in [6.07, 6.45) is 0.708. The number of aryl methyl sites for hydroxylation is 1. The number of rotatable bonds is 7. The Morgan fingerprint density at radius 3 is 2.44 bits per heavy atom. The smallest absolute Gasteiger partial charge is 0.179 e. The van der Waals surface area contributed by atoms with Gasteiger partial charge in [0.25, 0.3) is 0 Å². The van der Waals surface area contributed by atoms with Gasteiger partial charge in [-0.25, -0.2) is 0 Å². The van der Waals surface area contributed by atoms with Crippen molar-refractivity contribution < 1.29 is 9.90 Å². The van der Waals surface area contributed by atoms with Gasteiger partial charge in [0.15, 0.2) is 5.78 Å². The Bertz CT molecular complexity index is 373. The van der Waals surface area contributed by atoms with Gasteiger partial charge < -0.3 is 5.11 Å². The predicted molar refractivity (Wildman–Crippen MR) is 73.9 cm³/mol. The van der Waals surface area contributed by atoms with Crippen molar-refractivity contribution >= 4 is 5.78 Å². The molecule has 1 aromatic rings. The Hall–Kier alpha value is -1.19. The second kappa shape index (κ2) is 7.29. The number of aliphatic hydroxyl groups is 1. The van der Waals surface area contributed by atoms with Gasteiger partial charge in [0.1, 0.15) is 0 Å². The highest BCUT2D eigenvalue weighted by Crippen LogP contribution is 2.11. The van der Waals surface area contributed by atoms with Crippen molar-refractivity contribution in [2.45, 2.75) is 33.2 Å². The summed E-state index contributed by atoms with van der Waals surface area (Å²) in [7, 11) is 0. The third-order valence-electron chi connectivity index (χ3n) is 3.27. The number of Topliss-reactive ketones (excluding diaryl/α,β-unsaturated/α-hetero) is 1. The third kappa shape index (κ3) is 3.93. The van der Waals surface area contributed by atoms with Gasteiger partial charge in [0.2, 0.25) is 0 Å². The van der Waals surface area contributed by atoms with E-state index in [1.165, 1.54) is 0 Å². The maximum atomic E-state index is 12.3. The molecule has 0 aliphatic carbocycles. The molecule has 1 rings (SSSR count).